The van der Waals surface area contributed by atoms with E-state index in [0.717, 1.165) is 12.0 Å². The lowest BCUT2D eigenvalue weighted by molar-refractivity contribution is -0.159. The summed E-state index contributed by atoms with van der Waals surface area (Å²) < 4.78 is 30.1. The van der Waals surface area contributed by atoms with Gasteiger partial charge in [0.1, 0.15) is 12.2 Å². The van der Waals surface area contributed by atoms with Gasteiger partial charge in [0.25, 0.3) is 0 Å². The quantitative estimate of drug-likeness (QED) is 0.300. The van der Waals surface area contributed by atoms with Crippen molar-refractivity contribution in [3.05, 3.63) is 77.5 Å². The fourth-order valence-electron chi connectivity index (χ4n) is 12.0. The van der Waals surface area contributed by atoms with Crippen LogP contribution in [-0.2, 0) is 23.9 Å². The van der Waals surface area contributed by atoms with Crippen LogP contribution in [0, 0.1) is 58.7 Å². The molecule has 1 aromatic carbocycles. The summed E-state index contributed by atoms with van der Waals surface area (Å²) in [5, 5.41) is 23.2. The number of cyclic esters (lactones) is 1. The third kappa shape index (κ3) is 4.66. The summed E-state index contributed by atoms with van der Waals surface area (Å²) in [7, 11) is 1.59. The highest BCUT2D eigenvalue weighted by Gasteiger charge is 2.84. The molecule has 8 aliphatic rings. The molecule has 2 N–H and O–H groups in total. The number of hydrogen-bond acceptors (Lipinski definition) is 10. The summed E-state index contributed by atoms with van der Waals surface area (Å²) in [6, 6.07) is 3.92. The van der Waals surface area contributed by atoms with Crippen LogP contribution >= 0.6 is 0 Å². The van der Waals surface area contributed by atoms with Crippen molar-refractivity contribution in [1.82, 2.24) is 0 Å². The van der Waals surface area contributed by atoms with E-state index in [1.54, 1.807) is 14.0 Å². The molecule has 0 bridgehead atoms. The van der Waals surface area contributed by atoms with E-state index >= 15 is 0 Å². The Labute approximate surface area is 309 Å². The zero-order valence-electron chi connectivity index (χ0n) is 30.7. The molecule has 0 aromatic heterocycles. The molecule has 0 saturated heterocycles. The van der Waals surface area contributed by atoms with E-state index in [2.05, 4.69) is 25.7 Å². The maximum absolute atomic E-state index is 14.7. The standard InChI is InChI=1S/C43H48O10/c1-6-7-9-25-34-26-10-8-11-32(45)53-42-17-22(3)43(48)28-12-21(2)37(46)27(28)13-23(18-44)14-29(43)39(42)41(42,4)19-50-40(47)36(26)33(35(25)34)24-15-30(49-5)38-31(16-24)51-20-52-38/h7-10,12,14-16,25-29,33-36,39,44,48H,3,6,11,13,17-20H2,1-2,4-5H3/t25-,26-,27-,28+,29-,33-,34+,35-,36+,39+,41+,42-,43-/m0/s1. The van der Waals surface area contributed by atoms with E-state index in [1.165, 1.54) is 0 Å². The van der Waals surface area contributed by atoms with Gasteiger partial charge in [0.15, 0.2) is 17.3 Å². The van der Waals surface area contributed by atoms with Crippen LogP contribution in [-0.4, -0.2) is 66.3 Å². The molecule has 0 amide bonds. The number of ether oxygens (including phenoxy) is 5. The number of rotatable bonds is 5. The number of ketones is 1. The van der Waals surface area contributed by atoms with Crippen molar-refractivity contribution in [2.24, 2.45) is 58.7 Å². The molecule has 10 nitrogen and oxygen atoms in total. The molecule has 1 spiro atoms. The van der Waals surface area contributed by atoms with Gasteiger partial charge in [0.2, 0.25) is 12.5 Å². The van der Waals surface area contributed by atoms with Crippen molar-refractivity contribution in [3.63, 3.8) is 0 Å². The van der Waals surface area contributed by atoms with Crippen molar-refractivity contribution in [2.75, 3.05) is 27.1 Å². The van der Waals surface area contributed by atoms with Gasteiger partial charge in [0.05, 0.1) is 31.7 Å². The predicted octanol–water partition coefficient (Wildman–Crippen LogP) is 5.39. The Hall–Kier alpha value is -4.15. The van der Waals surface area contributed by atoms with E-state index < -0.39 is 52.2 Å². The number of carbonyl (C=O) groups excluding carboxylic acids is 3. The summed E-state index contributed by atoms with van der Waals surface area (Å²) in [4.78, 5) is 41.8. The molecule has 0 unspecified atom stereocenters. The first-order valence-corrected chi connectivity index (χ1v) is 19.1. The lowest BCUT2D eigenvalue weighted by Gasteiger charge is -2.46. The summed E-state index contributed by atoms with van der Waals surface area (Å²) in [6.45, 7) is 9.99. The van der Waals surface area contributed by atoms with Gasteiger partial charge in [-0.25, -0.2) is 0 Å². The normalized spacial score (nSPS) is 43.4. The van der Waals surface area contributed by atoms with Crippen molar-refractivity contribution < 1.29 is 48.3 Å². The number of aliphatic hydroxyl groups is 2. The average molecular weight is 725 g/mol. The first-order chi connectivity index (χ1) is 25.4. The van der Waals surface area contributed by atoms with Crippen LogP contribution in [0.3, 0.4) is 0 Å². The Morgan fingerprint density at radius 1 is 1.08 bits per heavy atom. The Bertz CT molecular complexity index is 1940. The van der Waals surface area contributed by atoms with Gasteiger partial charge in [-0.15, -0.1) is 0 Å². The molecule has 6 aliphatic carbocycles. The number of benzene rings is 1. The Kier molecular flexibility index (Phi) is 7.79. The van der Waals surface area contributed by atoms with Crippen molar-refractivity contribution in [2.45, 2.75) is 63.6 Å². The molecule has 4 fully saturated rings. The zero-order valence-corrected chi connectivity index (χ0v) is 30.7. The van der Waals surface area contributed by atoms with Gasteiger partial charge in [0, 0.05) is 41.4 Å². The highest BCUT2D eigenvalue weighted by Crippen LogP contribution is 2.77. The van der Waals surface area contributed by atoms with Crippen LogP contribution in [0.2, 0.25) is 0 Å². The Balaban J connectivity index is 1.10. The highest BCUT2D eigenvalue weighted by atomic mass is 16.7. The van der Waals surface area contributed by atoms with Crippen molar-refractivity contribution >= 4 is 17.7 Å². The van der Waals surface area contributed by atoms with Gasteiger partial charge in [-0.3, -0.25) is 14.4 Å². The first kappa shape index (κ1) is 34.6. The molecule has 280 valence electrons. The van der Waals surface area contributed by atoms with Crippen LogP contribution < -0.4 is 14.2 Å². The lowest BCUT2D eigenvalue weighted by atomic mass is 9.63. The van der Waals surface area contributed by atoms with Gasteiger partial charge < -0.3 is 33.9 Å². The van der Waals surface area contributed by atoms with Gasteiger partial charge >= 0.3 is 11.9 Å². The second-order valence-corrected chi connectivity index (χ2v) is 16.8. The first-order valence-electron chi connectivity index (χ1n) is 19.1. The summed E-state index contributed by atoms with van der Waals surface area (Å²) in [6.07, 6.45) is 13.5. The molecular formula is C43H48O10. The maximum Gasteiger partial charge on any atom is 0.310 e. The number of Topliss-reactive ketones (excluding diaryl/α,β-unsaturated/α-hetero) is 1. The van der Waals surface area contributed by atoms with E-state index in [4.69, 9.17) is 23.7 Å². The number of methoxy groups -OCH3 is 1. The number of esters is 2. The SMILES string of the molecule is C=C1C[C@@]23OC(=O)CC=C[C@@H]4[C@@H](C(=O)OC[C@]2(C)[C@H]3[C@@H]2C=C(CO)C[C@@H]3C(=O)C(C)=C[C@H]3[C@@]12O)[C@@H](c1cc(OC)c2c(c1)OCO2)[C@@H]1[C@@H](C=CCC)[C@H]41. The lowest BCUT2D eigenvalue weighted by Crippen LogP contribution is -2.53. The third-order valence-corrected chi connectivity index (χ3v) is 14.4. The summed E-state index contributed by atoms with van der Waals surface area (Å²) in [5.41, 5.74) is -0.849. The fourth-order valence-corrected chi connectivity index (χ4v) is 12.0. The molecule has 2 aliphatic heterocycles. The molecule has 53 heavy (non-hydrogen) atoms. The Morgan fingerprint density at radius 3 is 2.64 bits per heavy atom. The van der Waals surface area contributed by atoms with E-state index in [1.807, 2.05) is 43.4 Å². The van der Waals surface area contributed by atoms with Gasteiger partial charge in [-0.2, -0.15) is 0 Å². The molecule has 0 radical (unpaired) electrons. The second kappa shape index (κ2) is 11.9. The molecule has 9 rings (SSSR count). The topological polar surface area (TPSA) is 138 Å². The van der Waals surface area contributed by atoms with Crippen molar-refractivity contribution in [1.29, 1.82) is 0 Å². The predicted molar refractivity (Wildman–Crippen MR) is 192 cm³/mol. The third-order valence-electron chi connectivity index (χ3n) is 14.4. The minimum Gasteiger partial charge on any atom is -0.493 e. The maximum atomic E-state index is 14.7. The monoisotopic (exact) mass is 724 g/mol. The second-order valence-electron chi connectivity index (χ2n) is 16.8. The van der Waals surface area contributed by atoms with Crippen LogP contribution in [0.15, 0.2) is 71.9 Å². The molecule has 1 aromatic rings. The molecule has 10 heteroatoms. The molecule has 4 saturated carbocycles. The fraction of sp³-hybridized carbons (Fsp3) is 0.558. The molecule has 2 heterocycles. The van der Waals surface area contributed by atoms with Gasteiger partial charge in [-0.1, -0.05) is 56.9 Å². The summed E-state index contributed by atoms with van der Waals surface area (Å²) >= 11 is 0. The van der Waals surface area contributed by atoms with E-state index in [9.17, 15) is 24.6 Å². The smallest absolute Gasteiger partial charge is 0.310 e. The van der Waals surface area contributed by atoms with Crippen LogP contribution in [0.4, 0.5) is 0 Å². The van der Waals surface area contributed by atoms with Crippen LogP contribution in [0.1, 0.15) is 57.9 Å². The Morgan fingerprint density at radius 2 is 1.89 bits per heavy atom. The number of fused-ring (bicyclic) bond motifs is 9. The minimum atomic E-state index is -1.52. The number of allylic oxidation sites excluding steroid dienone is 4. The number of carbonyl (C=O) groups is 3. The van der Waals surface area contributed by atoms with Gasteiger partial charge in [-0.05, 0) is 77.9 Å². The minimum absolute atomic E-state index is 0.0262. The average Bonchev–Trinajstić information content (AvgIpc) is 3.66. The van der Waals surface area contributed by atoms with Crippen LogP contribution in [0.5, 0.6) is 17.2 Å². The van der Waals surface area contributed by atoms with E-state index in [-0.39, 0.29) is 74.2 Å². The van der Waals surface area contributed by atoms with Crippen molar-refractivity contribution in [3.8, 4) is 17.2 Å². The largest absolute Gasteiger partial charge is 0.493 e. The number of aliphatic hydroxyl groups excluding tert-OH is 1. The summed E-state index contributed by atoms with van der Waals surface area (Å²) in [5.74, 6) is -1.53. The zero-order chi connectivity index (χ0) is 37.2. The highest BCUT2D eigenvalue weighted by molar-refractivity contribution is 6.00. The molecular weight excluding hydrogens is 676 g/mol. The number of hydrogen-bond donors (Lipinski definition) is 2. The van der Waals surface area contributed by atoms with E-state index in [0.29, 0.717) is 40.4 Å². The van der Waals surface area contributed by atoms with Crippen LogP contribution in [0.25, 0.3) is 0 Å². The molecule has 13 atom stereocenters.